The van der Waals surface area contributed by atoms with Gasteiger partial charge in [-0.15, -0.1) is 0 Å². The summed E-state index contributed by atoms with van der Waals surface area (Å²) in [5.41, 5.74) is 5.33. The maximum absolute atomic E-state index is 11.9. The summed E-state index contributed by atoms with van der Waals surface area (Å²) in [6.07, 6.45) is 4.65. The molecule has 0 heterocycles. The first-order chi connectivity index (χ1) is 7.94. The number of nitrogens with two attached hydrogens (primary N) is 1. The molecule has 5 heteroatoms. The molecule has 1 amide bonds. The number of amides is 1. The monoisotopic (exact) mass is 242 g/mol. The molecule has 5 nitrogen and oxygen atoms in total. The van der Waals surface area contributed by atoms with E-state index in [0.717, 1.165) is 32.1 Å². The number of hydrogen-bond acceptors (Lipinski definition) is 3. The largest absolute Gasteiger partial charge is 0.481 e. The smallest absolute Gasteiger partial charge is 0.303 e. The summed E-state index contributed by atoms with van der Waals surface area (Å²) >= 11 is 0. The van der Waals surface area contributed by atoms with E-state index < -0.39 is 11.5 Å². The molecule has 0 aromatic carbocycles. The van der Waals surface area contributed by atoms with Crippen molar-refractivity contribution in [2.24, 2.45) is 11.7 Å². The summed E-state index contributed by atoms with van der Waals surface area (Å²) in [7, 11) is 0. The van der Waals surface area contributed by atoms with Crippen LogP contribution in [0, 0.1) is 5.92 Å². The van der Waals surface area contributed by atoms with Crippen molar-refractivity contribution in [1.29, 1.82) is 0 Å². The van der Waals surface area contributed by atoms with E-state index in [1.807, 2.05) is 0 Å². The summed E-state index contributed by atoms with van der Waals surface area (Å²) < 4.78 is 0. The van der Waals surface area contributed by atoms with Crippen molar-refractivity contribution in [3.63, 3.8) is 0 Å². The number of carboxylic acid groups (broad SMARTS) is 1. The molecule has 1 aliphatic rings. The number of nitrogens with one attached hydrogen (secondary N) is 1. The zero-order valence-electron chi connectivity index (χ0n) is 10.4. The predicted octanol–water partition coefficient (Wildman–Crippen LogP) is 0.875. The lowest BCUT2D eigenvalue weighted by atomic mass is 9.82. The Kier molecular flexibility index (Phi) is 4.93. The van der Waals surface area contributed by atoms with E-state index in [0.29, 0.717) is 6.54 Å². The minimum atomic E-state index is -0.841. The second-order valence-corrected chi connectivity index (χ2v) is 5.13. The fraction of sp³-hybridized carbons (Fsp3) is 0.833. The van der Waals surface area contributed by atoms with Gasteiger partial charge in [0, 0.05) is 13.0 Å². The molecule has 1 aliphatic carbocycles. The number of hydrogen-bond donors (Lipinski definition) is 3. The zero-order valence-corrected chi connectivity index (χ0v) is 10.4. The Morgan fingerprint density at radius 2 is 1.94 bits per heavy atom. The average molecular weight is 242 g/mol. The molecule has 1 fully saturated rings. The Morgan fingerprint density at radius 3 is 2.47 bits per heavy atom. The van der Waals surface area contributed by atoms with Gasteiger partial charge in [-0.3, -0.25) is 9.59 Å². The quantitative estimate of drug-likeness (QED) is 0.667. The first-order valence-corrected chi connectivity index (χ1v) is 6.23. The molecule has 1 saturated carbocycles. The average Bonchev–Trinajstić information content (AvgIpc) is 2.26. The van der Waals surface area contributed by atoms with Gasteiger partial charge in [-0.1, -0.05) is 26.2 Å². The third-order valence-corrected chi connectivity index (χ3v) is 3.33. The van der Waals surface area contributed by atoms with Crippen LogP contribution < -0.4 is 11.1 Å². The normalized spacial score (nSPS) is 20.6. The van der Waals surface area contributed by atoms with Gasteiger partial charge >= 0.3 is 5.97 Å². The van der Waals surface area contributed by atoms with Crippen molar-refractivity contribution in [3.8, 4) is 0 Å². The summed E-state index contributed by atoms with van der Waals surface area (Å²) in [5, 5.41) is 11.4. The highest BCUT2D eigenvalue weighted by molar-refractivity contribution is 5.86. The summed E-state index contributed by atoms with van der Waals surface area (Å²) in [5.74, 6) is -1.04. The summed E-state index contributed by atoms with van der Waals surface area (Å²) in [6, 6.07) is 0. The first kappa shape index (κ1) is 14.0. The van der Waals surface area contributed by atoms with Gasteiger partial charge in [0.2, 0.25) is 5.91 Å². The van der Waals surface area contributed by atoms with E-state index in [2.05, 4.69) is 5.32 Å². The molecule has 4 N–H and O–H groups in total. The Labute approximate surface area is 102 Å². The van der Waals surface area contributed by atoms with E-state index in [-0.39, 0.29) is 18.2 Å². The van der Waals surface area contributed by atoms with Gasteiger partial charge in [0.25, 0.3) is 0 Å². The van der Waals surface area contributed by atoms with Gasteiger partial charge in [-0.25, -0.2) is 0 Å². The maximum atomic E-state index is 11.9. The molecule has 0 aliphatic heterocycles. The molecule has 98 valence electrons. The molecule has 0 aromatic rings. The van der Waals surface area contributed by atoms with Crippen LogP contribution in [0.1, 0.15) is 45.4 Å². The van der Waals surface area contributed by atoms with Crippen LogP contribution in [-0.4, -0.2) is 29.1 Å². The Bertz CT molecular complexity index is 285. The van der Waals surface area contributed by atoms with Crippen LogP contribution >= 0.6 is 0 Å². The van der Waals surface area contributed by atoms with Crippen molar-refractivity contribution in [2.75, 3.05) is 6.54 Å². The third kappa shape index (κ3) is 4.34. The molecule has 0 bridgehead atoms. The van der Waals surface area contributed by atoms with E-state index in [1.54, 1.807) is 6.92 Å². The molecule has 1 rings (SSSR count). The maximum Gasteiger partial charge on any atom is 0.303 e. The minimum Gasteiger partial charge on any atom is -0.481 e. The second kappa shape index (κ2) is 6.00. The SMILES string of the molecule is CC(CNC(=O)C1(N)CCCCC1)CC(=O)O. The minimum absolute atomic E-state index is 0.0661. The number of rotatable bonds is 5. The Balaban J connectivity index is 2.35. The van der Waals surface area contributed by atoms with Gasteiger partial charge in [-0.05, 0) is 18.8 Å². The van der Waals surface area contributed by atoms with E-state index in [1.165, 1.54) is 0 Å². The number of carboxylic acids is 1. The number of carbonyl (C=O) groups is 2. The van der Waals surface area contributed by atoms with Gasteiger partial charge in [-0.2, -0.15) is 0 Å². The van der Waals surface area contributed by atoms with Crippen LogP contribution in [0.15, 0.2) is 0 Å². The van der Waals surface area contributed by atoms with Crippen LogP contribution in [0.5, 0.6) is 0 Å². The van der Waals surface area contributed by atoms with Crippen molar-refractivity contribution in [3.05, 3.63) is 0 Å². The molecule has 0 aromatic heterocycles. The van der Waals surface area contributed by atoms with E-state index >= 15 is 0 Å². The third-order valence-electron chi connectivity index (χ3n) is 3.33. The number of carbonyl (C=O) groups excluding carboxylic acids is 1. The standard InChI is InChI=1S/C12H22N2O3/c1-9(7-10(15)16)8-14-11(17)12(13)5-3-2-4-6-12/h9H,2-8,13H2,1H3,(H,14,17)(H,15,16). The number of aliphatic carboxylic acids is 1. The molecule has 0 spiro atoms. The van der Waals surface area contributed by atoms with Crippen LogP contribution in [0.25, 0.3) is 0 Å². The molecule has 1 atom stereocenters. The lowest BCUT2D eigenvalue weighted by Crippen LogP contribution is -2.55. The van der Waals surface area contributed by atoms with Crippen molar-refractivity contribution < 1.29 is 14.7 Å². The zero-order chi connectivity index (χ0) is 12.9. The van der Waals surface area contributed by atoms with Crippen LogP contribution in [0.2, 0.25) is 0 Å². The van der Waals surface area contributed by atoms with Crippen LogP contribution in [-0.2, 0) is 9.59 Å². The Morgan fingerprint density at radius 1 is 1.35 bits per heavy atom. The van der Waals surface area contributed by atoms with E-state index in [9.17, 15) is 9.59 Å². The molecule has 0 radical (unpaired) electrons. The van der Waals surface area contributed by atoms with Gasteiger partial charge < -0.3 is 16.2 Å². The lowest BCUT2D eigenvalue weighted by Gasteiger charge is -2.32. The highest BCUT2D eigenvalue weighted by Crippen LogP contribution is 2.25. The Hall–Kier alpha value is -1.10. The van der Waals surface area contributed by atoms with Crippen molar-refractivity contribution in [1.82, 2.24) is 5.32 Å². The predicted molar refractivity (Wildman–Crippen MR) is 64.4 cm³/mol. The van der Waals surface area contributed by atoms with Gasteiger partial charge in [0.05, 0.1) is 5.54 Å². The molecular formula is C12H22N2O3. The first-order valence-electron chi connectivity index (χ1n) is 6.23. The molecule has 17 heavy (non-hydrogen) atoms. The van der Waals surface area contributed by atoms with Crippen molar-refractivity contribution >= 4 is 11.9 Å². The van der Waals surface area contributed by atoms with Crippen LogP contribution in [0.4, 0.5) is 0 Å². The van der Waals surface area contributed by atoms with Crippen LogP contribution in [0.3, 0.4) is 0 Å². The highest BCUT2D eigenvalue weighted by atomic mass is 16.4. The summed E-state index contributed by atoms with van der Waals surface area (Å²) in [4.78, 5) is 22.4. The topological polar surface area (TPSA) is 92.4 Å². The van der Waals surface area contributed by atoms with Gasteiger partial charge in [0.1, 0.15) is 0 Å². The molecular weight excluding hydrogens is 220 g/mol. The van der Waals surface area contributed by atoms with E-state index in [4.69, 9.17) is 10.8 Å². The summed E-state index contributed by atoms with van der Waals surface area (Å²) in [6.45, 7) is 2.18. The van der Waals surface area contributed by atoms with Gasteiger partial charge in [0.15, 0.2) is 0 Å². The second-order valence-electron chi connectivity index (χ2n) is 5.13. The van der Waals surface area contributed by atoms with Crippen molar-refractivity contribution in [2.45, 2.75) is 51.0 Å². The fourth-order valence-corrected chi connectivity index (χ4v) is 2.22. The highest BCUT2D eigenvalue weighted by Gasteiger charge is 2.35. The fourth-order valence-electron chi connectivity index (χ4n) is 2.22. The lowest BCUT2D eigenvalue weighted by molar-refractivity contribution is -0.138. The molecule has 1 unspecified atom stereocenters. The molecule has 0 saturated heterocycles.